The molecule has 5 heteroatoms. The highest BCUT2D eigenvalue weighted by Gasteiger charge is 2.50. The predicted octanol–water partition coefficient (Wildman–Crippen LogP) is -0.171. The first-order valence-electron chi connectivity index (χ1n) is 6.46. The molecule has 2 N–H and O–H groups in total. The van der Waals surface area contributed by atoms with Crippen molar-refractivity contribution in [3.63, 3.8) is 0 Å². The number of carboxylic acids is 1. The number of hydrogen-bond acceptors (Lipinski definition) is 4. The molecule has 0 aliphatic carbocycles. The Bertz CT molecular complexity index is 277. The van der Waals surface area contributed by atoms with Crippen LogP contribution in [-0.4, -0.2) is 72.2 Å². The molecular weight excluding hydrogens is 218 g/mol. The van der Waals surface area contributed by atoms with Crippen molar-refractivity contribution in [2.75, 3.05) is 39.8 Å². The standard InChI is InChI=1S/C12H23N3O2/c1-10-8-12(11(16)17,9-14(10)2)15-6-3-4-13-5-7-15/h10,13H,3-9H2,1-2H3,(H,16,17). The van der Waals surface area contributed by atoms with Crippen molar-refractivity contribution in [3.8, 4) is 0 Å². The van der Waals surface area contributed by atoms with Gasteiger partial charge in [-0.05, 0) is 33.4 Å². The van der Waals surface area contributed by atoms with Gasteiger partial charge in [0.1, 0.15) is 5.54 Å². The normalized spacial score (nSPS) is 36.9. The van der Waals surface area contributed by atoms with Crippen LogP contribution in [-0.2, 0) is 4.79 Å². The second-order valence-electron chi connectivity index (χ2n) is 5.40. The van der Waals surface area contributed by atoms with E-state index in [-0.39, 0.29) is 0 Å². The van der Waals surface area contributed by atoms with E-state index < -0.39 is 11.5 Å². The summed E-state index contributed by atoms with van der Waals surface area (Å²) in [5, 5.41) is 13.0. The van der Waals surface area contributed by atoms with E-state index in [2.05, 4.69) is 22.0 Å². The zero-order valence-electron chi connectivity index (χ0n) is 10.8. The predicted molar refractivity (Wildman–Crippen MR) is 66.1 cm³/mol. The lowest BCUT2D eigenvalue weighted by Crippen LogP contribution is -2.57. The molecule has 98 valence electrons. The van der Waals surface area contributed by atoms with Crippen molar-refractivity contribution in [1.29, 1.82) is 0 Å². The molecule has 2 rings (SSSR count). The zero-order valence-corrected chi connectivity index (χ0v) is 10.8. The van der Waals surface area contributed by atoms with E-state index in [0.717, 1.165) is 39.0 Å². The summed E-state index contributed by atoms with van der Waals surface area (Å²) in [7, 11) is 2.02. The minimum Gasteiger partial charge on any atom is -0.480 e. The summed E-state index contributed by atoms with van der Waals surface area (Å²) >= 11 is 0. The topological polar surface area (TPSA) is 55.8 Å². The van der Waals surface area contributed by atoms with Gasteiger partial charge in [0.05, 0.1) is 0 Å². The number of rotatable bonds is 2. The van der Waals surface area contributed by atoms with Gasteiger partial charge in [-0.25, -0.2) is 0 Å². The molecule has 0 radical (unpaired) electrons. The molecule has 2 aliphatic rings. The molecule has 0 amide bonds. The maximum atomic E-state index is 11.7. The van der Waals surface area contributed by atoms with Crippen LogP contribution in [0.4, 0.5) is 0 Å². The van der Waals surface area contributed by atoms with Crippen molar-refractivity contribution in [1.82, 2.24) is 15.1 Å². The summed E-state index contributed by atoms with van der Waals surface area (Å²) in [5.74, 6) is -0.657. The molecule has 0 saturated carbocycles. The van der Waals surface area contributed by atoms with Gasteiger partial charge in [-0.15, -0.1) is 0 Å². The average Bonchev–Trinajstić information content (AvgIpc) is 2.50. The van der Waals surface area contributed by atoms with Crippen LogP contribution in [0.2, 0.25) is 0 Å². The van der Waals surface area contributed by atoms with E-state index in [1.54, 1.807) is 0 Å². The van der Waals surface area contributed by atoms with Crippen molar-refractivity contribution in [2.45, 2.75) is 31.3 Å². The molecule has 2 heterocycles. The maximum Gasteiger partial charge on any atom is 0.325 e. The molecule has 2 fully saturated rings. The van der Waals surface area contributed by atoms with Crippen LogP contribution in [0.5, 0.6) is 0 Å². The fraction of sp³-hybridized carbons (Fsp3) is 0.917. The third kappa shape index (κ3) is 2.32. The summed E-state index contributed by atoms with van der Waals surface area (Å²) in [6.07, 6.45) is 1.77. The Morgan fingerprint density at radius 2 is 2.18 bits per heavy atom. The van der Waals surface area contributed by atoms with Gasteiger partial charge in [-0.2, -0.15) is 0 Å². The van der Waals surface area contributed by atoms with Crippen LogP contribution >= 0.6 is 0 Å². The average molecular weight is 241 g/mol. The van der Waals surface area contributed by atoms with E-state index in [1.165, 1.54) is 0 Å². The van der Waals surface area contributed by atoms with Crippen molar-refractivity contribution < 1.29 is 9.90 Å². The van der Waals surface area contributed by atoms with E-state index in [0.29, 0.717) is 12.6 Å². The summed E-state index contributed by atoms with van der Waals surface area (Å²) in [6.45, 7) is 6.38. The SMILES string of the molecule is CC1CC(C(=O)O)(N2CCCNCC2)CN1C. The first kappa shape index (κ1) is 12.8. The van der Waals surface area contributed by atoms with Gasteiger partial charge >= 0.3 is 5.97 Å². The zero-order chi connectivity index (χ0) is 12.5. The van der Waals surface area contributed by atoms with Crippen LogP contribution in [0.15, 0.2) is 0 Å². The van der Waals surface area contributed by atoms with Crippen molar-refractivity contribution in [3.05, 3.63) is 0 Å². The Kier molecular flexibility index (Phi) is 3.70. The van der Waals surface area contributed by atoms with Gasteiger partial charge in [-0.3, -0.25) is 9.69 Å². The number of nitrogens with zero attached hydrogens (tertiary/aromatic N) is 2. The first-order chi connectivity index (χ1) is 8.06. The lowest BCUT2D eigenvalue weighted by molar-refractivity contribution is -0.150. The molecule has 0 aromatic carbocycles. The number of carboxylic acid groups (broad SMARTS) is 1. The Labute approximate surface area is 103 Å². The number of carbonyl (C=O) groups is 1. The Balaban J connectivity index is 2.19. The van der Waals surface area contributed by atoms with E-state index >= 15 is 0 Å². The largest absolute Gasteiger partial charge is 0.480 e. The lowest BCUT2D eigenvalue weighted by atomic mass is 9.93. The molecule has 2 saturated heterocycles. The molecule has 2 atom stereocenters. The van der Waals surface area contributed by atoms with Gasteiger partial charge in [-0.1, -0.05) is 0 Å². The number of likely N-dealkylation sites (tertiary alicyclic amines) is 1. The maximum absolute atomic E-state index is 11.7. The molecule has 2 unspecified atom stereocenters. The van der Waals surface area contributed by atoms with Crippen LogP contribution in [0.1, 0.15) is 19.8 Å². The molecule has 0 aromatic rings. The van der Waals surface area contributed by atoms with Gasteiger partial charge in [0, 0.05) is 32.2 Å². The molecule has 0 spiro atoms. The first-order valence-corrected chi connectivity index (χ1v) is 6.46. The highest BCUT2D eigenvalue weighted by molar-refractivity contribution is 5.80. The van der Waals surface area contributed by atoms with Crippen LogP contribution in [0.25, 0.3) is 0 Å². The fourth-order valence-electron chi connectivity index (χ4n) is 3.07. The number of aliphatic carboxylic acids is 1. The second kappa shape index (κ2) is 4.92. The lowest BCUT2D eigenvalue weighted by Gasteiger charge is -2.36. The Morgan fingerprint density at radius 1 is 1.41 bits per heavy atom. The molecule has 0 aromatic heterocycles. The third-order valence-corrected chi connectivity index (χ3v) is 4.24. The van der Waals surface area contributed by atoms with E-state index in [4.69, 9.17) is 0 Å². The van der Waals surface area contributed by atoms with Crippen LogP contribution in [0, 0.1) is 0 Å². The number of nitrogens with one attached hydrogen (secondary N) is 1. The summed E-state index contributed by atoms with van der Waals surface area (Å²) < 4.78 is 0. The minimum absolute atomic E-state index is 0.349. The fourth-order valence-corrected chi connectivity index (χ4v) is 3.07. The quantitative estimate of drug-likeness (QED) is 0.703. The summed E-state index contributed by atoms with van der Waals surface area (Å²) in [4.78, 5) is 16.1. The van der Waals surface area contributed by atoms with E-state index in [9.17, 15) is 9.90 Å². The summed E-state index contributed by atoms with van der Waals surface area (Å²) in [5.41, 5.74) is -0.666. The molecular formula is C12H23N3O2. The van der Waals surface area contributed by atoms with Crippen LogP contribution in [0.3, 0.4) is 0 Å². The number of likely N-dealkylation sites (N-methyl/N-ethyl adjacent to an activating group) is 1. The monoisotopic (exact) mass is 241 g/mol. The number of hydrogen-bond donors (Lipinski definition) is 2. The highest BCUT2D eigenvalue weighted by Crippen LogP contribution is 2.32. The minimum atomic E-state index is -0.666. The van der Waals surface area contributed by atoms with Crippen molar-refractivity contribution >= 4 is 5.97 Å². The molecule has 0 bridgehead atoms. The smallest absolute Gasteiger partial charge is 0.325 e. The van der Waals surface area contributed by atoms with Gasteiger partial charge < -0.3 is 15.3 Å². The van der Waals surface area contributed by atoms with Crippen molar-refractivity contribution in [2.24, 2.45) is 0 Å². The molecule has 2 aliphatic heterocycles. The Hall–Kier alpha value is -0.650. The highest BCUT2D eigenvalue weighted by atomic mass is 16.4. The van der Waals surface area contributed by atoms with Gasteiger partial charge in [0.25, 0.3) is 0 Å². The molecule has 5 nitrogen and oxygen atoms in total. The van der Waals surface area contributed by atoms with Crippen LogP contribution < -0.4 is 5.32 Å². The van der Waals surface area contributed by atoms with Gasteiger partial charge in [0.2, 0.25) is 0 Å². The Morgan fingerprint density at radius 3 is 2.76 bits per heavy atom. The summed E-state index contributed by atoms with van der Waals surface area (Å²) in [6, 6.07) is 0.349. The third-order valence-electron chi connectivity index (χ3n) is 4.24. The molecule has 17 heavy (non-hydrogen) atoms. The second-order valence-corrected chi connectivity index (χ2v) is 5.40. The van der Waals surface area contributed by atoms with Gasteiger partial charge in [0.15, 0.2) is 0 Å². The van der Waals surface area contributed by atoms with E-state index in [1.807, 2.05) is 7.05 Å².